The minimum Gasteiger partial charge on any atom is -0.351 e. The van der Waals surface area contributed by atoms with Gasteiger partial charge in [0, 0.05) is 23.5 Å². The molecule has 2 aliphatic rings. The third kappa shape index (κ3) is 4.10. The van der Waals surface area contributed by atoms with Gasteiger partial charge >= 0.3 is 0 Å². The van der Waals surface area contributed by atoms with Crippen molar-refractivity contribution in [1.29, 1.82) is 0 Å². The van der Waals surface area contributed by atoms with Crippen LogP contribution in [0.5, 0.6) is 0 Å². The van der Waals surface area contributed by atoms with Gasteiger partial charge in [0.05, 0.1) is 6.54 Å². The highest BCUT2D eigenvalue weighted by atomic mass is 19.1. The summed E-state index contributed by atoms with van der Waals surface area (Å²) in [5, 5.41) is 4.28. The van der Waals surface area contributed by atoms with Crippen LogP contribution < -0.4 is 5.32 Å². The molecule has 1 atom stereocenters. The number of aromatic nitrogens is 1. The Morgan fingerprint density at radius 2 is 1.68 bits per heavy atom. The van der Waals surface area contributed by atoms with E-state index >= 15 is 0 Å². The summed E-state index contributed by atoms with van der Waals surface area (Å²) in [6.45, 7) is 0.393. The summed E-state index contributed by atoms with van der Waals surface area (Å²) < 4.78 is 16.2. The molecular formula is C31H30FN3O2. The first-order valence-electron chi connectivity index (χ1n) is 13.1. The van der Waals surface area contributed by atoms with Gasteiger partial charge in [-0.25, -0.2) is 4.39 Å². The van der Waals surface area contributed by atoms with E-state index in [0.717, 1.165) is 42.1 Å². The monoisotopic (exact) mass is 495 g/mol. The lowest BCUT2D eigenvalue weighted by atomic mass is 9.83. The molecule has 1 aliphatic carbocycles. The number of carbonyl (C=O) groups excluding carboxylic acids is 2. The van der Waals surface area contributed by atoms with Crippen molar-refractivity contribution in [2.45, 2.75) is 56.8 Å². The van der Waals surface area contributed by atoms with E-state index in [1.807, 2.05) is 65.2 Å². The van der Waals surface area contributed by atoms with E-state index in [1.54, 1.807) is 17.0 Å². The van der Waals surface area contributed by atoms with Crippen molar-refractivity contribution in [2.75, 3.05) is 0 Å². The van der Waals surface area contributed by atoms with Crippen molar-refractivity contribution in [3.8, 4) is 0 Å². The number of benzene rings is 3. The summed E-state index contributed by atoms with van der Waals surface area (Å²) in [6.07, 6.45) is 5.22. The Kier molecular flexibility index (Phi) is 6.03. The van der Waals surface area contributed by atoms with Crippen LogP contribution >= 0.6 is 0 Å². The van der Waals surface area contributed by atoms with Crippen molar-refractivity contribution >= 4 is 22.7 Å². The van der Waals surface area contributed by atoms with Crippen molar-refractivity contribution < 1.29 is 14.0 Å². The molecule has 1 saturated carbocycles. The quantitative estimate of drug-likeness (QED) is 0.382. The van der Waals surface area contributed by atoms with Crippen LogP contribution in [-0.2, 0) is 23.4 Å². The van der Waals surface area contributed by atoms with Crippen molar-refractivity contribution in [3.05, 3.63) is 108 Å². The molecule has 37 heavy (non-hydrogen) atoms. The molecule has 1 aromatic heterocycles. The highest BCUT2D eigenvalue weighted by Gasteiger charge is 2.52. The second kappa shape index (κ2) is 9.51. The highest BCUT2D eigenvalue weighted by Crippen LogP contribution is 2.40. The Balaban J connectivity index is 1.54. The Hall–Kier alpha value is -3.93. The van der Waals surface area contributed by atoms with Gasteiger partial charge in [0.25, 0.3) is 11.8 Å². The maximum absolute atomic E-state index is 14.5. The van der Waals surface area contributed by atoms with E-state index in [2.05, 4.69) is 5.32 Å². The zero-order valence-corrected chi connectivity index (χ0v) is 20.7. The molecule has 6 rings (SSSR count). The molecule has 6 heteroatoms. The van der Waals surface area contributed by atoms with E-state index in [0.29, 0.717) is 11.3 Å². The highest BCUT2D eigenvalue weighted by molar-refractivity contribution is 6.04. The lowest BCUT2D eigenvalue weighted by molar-refractivity contribution is -0.136. The predicted octanol–water partition coefficient (Wildman–Crippen LogP) is 5.78. The molecule has 1 aliphatic heterocycles. The van der Waals surface area contributed by atoms with E-state index in [-0.39, 0.29) is 36.8 Å². The molecule has 5 nitrogen and oxygen atoms in total. The fourth-order valence-corrected chi connectivity index (χ4v) is 6.05. The topological polar surface area (TPSA) is 54.3 Å². The standard InChI is InChI=1S/C31H30FN3O2/c32-25-14-9-10-22(18-25)20-35-29(36)28-19-23-11-7-8-17-27(23)34(28)21-31(35,24-12-3-1-4-13-24)30(37)33-26-15-5-2-6-16-26/h1,3-4,7-14,17-19,26H,2,5-6,15-16,20-21H2,(H,33,37)/t31-/m0/s1. The van der Waals surface area contributed by atoms with Gasteiger partial charge in [0.2, 0.25) is 0 Å². The largest absolute Gasteiger partial charge is 0.351 e. The fourth-order valence-electron chi connectivity index (χ4n) is 6.05. The maximum atomic E-state index is 14.5. The smallest absolute Gasteiger partial charge is 0.272 e. The zero-order valence-electron chi connectivity index (χ0n) is 20.7. The van der Waals surface area contributed by atoms with Gasteiger partial charge < -0.3 is 14.8 Å². The number of halogens is 1. The zero-order chi connectivity index (χ0) is 25.4. The molecule has 0 bridgehead atoms. The molecule has 0 radical (unpaired) electrons. The summed E-state index contributed by atoms with van der Waals surface area (Å²) in [6, 6.07) is 25.7. The molecule has 2 amide bonds. The number of rotatable bonds is 5. The molecule has 0 unspecified atom stereocenters. The van der Waals surface area contributed by atoms with Crippen LogP contribution in [0, 0.1) is 5.82 Å². The Bertz CT molecular complexity index is 1460. The molecule has 188 valence electrons. The summed E-state index contributed by atoms with van der Waals surface area (Å²) in [5.74, 6) is -0.791. The van der Waals surface area contributed by atoms with Crippen LogP contribution in [0.2, 0.25) is 0 Å². The van der Waals surface area contributed by atoms with Crippen LogP contribution in [0.25, 0.3) is 10.9 Å². The number of hydrogen-bond acceptors (Lipinski definition) is 2. The Morgan fingerprint density at radius 1 is 0.919 bits per heavy atom. The summed E-state index contributed by atoms with van der Waals surface area (Å²) in [4.78, 5) is 30.4. The first-order valence-corrected chi connectivity index (χ1v) is 13.1. The molecule has 2 heterocycles. The molecule has 1 N–H and O–H groups in total. The second-order valence-corrected chi connectivity index (χ2v) is 10.2. The molecule has 4 aromatic rings. The van der Waals surface area contributed by atoms with E-state index in [4.69, 9.17) is 0 Å². The maximum Gasteiger partial charge on any atom is 0.272 e. The van der Waals surface area contributed by atoms with Crippen LogP contribution in [0.3, 0.4) is 0 Å². The lowest BCUT2D eigenvalue weighted by Crippen LogP contribution is -2.64. The number of hydrogen-bond donors (Lipinski definition) is 1. The molecule has 0 spiro atoms. The third-order valence-electron chi connectivity index (χ3n) is 7.92. The van der Waals surface area contributed by atoms with Crippen LogP contribution in [0.15, 0.2) is 84.9 Å². The van der Waals surface area contributed by atoms with Crippen LogP contribution in [0.1, 0.15) is 53.7 Å². The normalized spacial score (nSPS) is 20.1. The van der Waals surface area contributed by atoms with Crippen LogP contribution in [-0.4, -0.2) is 27.3 Å². The molecule has 1 fully saturated rings. The fraction of sp³-hybridized carbons (Fsp3) is 0.290. The van der Waals surface area contributed by atoms with Crippen molar-refractivity contribution in [2.24, 2.45) is 0 Å². The van der Waals surface area contributed by atoms with Gasteiger partial charge in [0.15, 0.2) is 5.54 Å². The Morgan fingerprint density at radius 3 is 2.46 bits per heavy atom. The summed E-state index contributed by atoms with van der Waals surface area (Å²) in [5.41, 5.74) is 1.55. The number of para-hydroxylation sites is 1. The first-order chi connectivity index (χ1) is 18.1. The number of fused-ring (bicyclic) bond motifs is 3. The van der Waals surface area contributed by atoms with Crippen molar-refractivity contribution in [3.63, 3.8) is 0 Å². The van der Waals surface area contributed by atoms with Gasteiger partial charge in [-0.15, -0.1) is 0 Å². The number of nitrogens with zero attached hydrogens (tertiary/aromatic N) is 2. The lowest BCUT2D eigenvalue weighted by Gasteiger charge is -2.47. The number of amides is 2. The van der Waals surface area contributed by atoms with E-state index in [1.165, 1.54) is 18.6 Å². The second-order valence-electron chi connectivity index (χ2n) is 10.2. The van der Waals surface area contributed by atoms with Gasteiger partial charge in [-0.1, -0.05) is 79.9 Å². The number of nitrogens with one attached hydrogen (secondary N) is 1. The minimum atomic E-state index is -1.29. The number of carbonyl (C=O) groups is 2. The minimum absolute atomic E-state index is 0.0794. The van der Waals surface area contributed by atoms with Crippen LogP contribution in [0.4, 0.5) is 4.39 Å². The molecule has 3 aromatic carbocycles. The van der Waals surface area contributed by atoms with Crippen molar-refractivity contribution in [1.82, 2.24) is 14.8 Å². The Labute approximate surface area is 215 Å². The van der Waals surface area contributed by atoms with Gasteiger partial charge in [-0.3, -0.25) is 9.59 Å². The predicted molar refractivity (Wildman–Crippen MR) is 141 cm³/mol. The van der Waals surface area contributed by atoms with Gasteiger partial charge in [0.1, 0.15) is 11.5 Å². The third-order valence-corrected chi connectivity index (χ3v) is 7.92. The summed E-state index contributed by atoms with van der Waals surface area (Å²) in [7, 11) is 0. The van der Waals surface area contributed by atoms with Gasteiger partial charge in [-0.2, -0.15) is 0 Å². The molecule has 0 saturated heterocycles. The summed E-state index contributed by atoms with van der Waals surface area (Å²) >= 11 is 0. The average Bonchev–Trinajstić information content (AvgIpc) is 3.30. The average molecular weight is 496 g/mol. The SMILES string of the molecule is O=C1c2cc3ccccc3n2C[C@@](C(=O)NC2CCCCC2)(c2ccccc2)N1Cc1cccc(F)c1. The van der Waals surface area contributed by atoms with E-state index in [9.17, 15) is 14.0 Å². The van der Waals surface area contributed by atoms with E-state index < -0.39 is 5.54 Å². The first kappa shape index (κ1) is 23.5. The van der Waals surface area contributed by atoms with Gasteiger partial charge in [-0.05, 0) is 48.2 Å². The molecular weight excluding hydrogens is 465 g/mol.